The van der Waals surface area contributed by atoms with Gasteiger partial charge in [0.15, 0.2) is 0 Å². The third kappa shape index (κ3) is 17.3. The summed E-state index contributed by atoms with van der Waals surface area (Å²) in [5.41, 5.74) is 9.87. The summed E-state index contributed by atoms with van der Waals surface area (Å²) in [7, 11) is 0. The minimum Gasteiger partial charge on any atom is -0.444 e. The van der Waals surface area contributed by atoms with Crippen LogP contribution in [0.5, 0.6) is 0 Å². The Kier molecular flexibility index (Phi) is 15.7. The summed E-state index contributed by atoms with van der Waals surface area (Å²) >= 11 is 0. The van der Waals surface area contributed by atoms with Crippen molar-refractivity contribution < 1.29 is 33.4 Å². The largest absolute Gasteiger partial charge is 0.444 e. The van der Waals surface area contributed by atoms with Crippen LogP contribution in [0.25, 0.3) is 0 Å². The third-order valence-electron chi connectivity index (χ3n) is 5.82. The van der Waals surface area contributed by atoms with Gasteiger partial charge < -0.3 is 31.2 Å². The number of anilines is 1. The molecule has 0 aliphatic rings. The van der Waals surface area contributed by atoms with Crippen molar-refractivity contribution in [1.29, 1.82) is 0 Å². The molecule has 13 heteroatoms. The minimum absolute atomic E-state index is 0.0713. The van der Waals surface area contributed by atoms with E-state index in [0.29, 0.717) is 30.6 Å². The average Bonchev–Trinajstić information content (AvgIpc) is 2.87. The highest BCUT2D eigenvalue weighted by atomic mass is 16.6. The molecule has 0 saturated carbocycles. The van der Waals surface area contributed by atoms with Crippen molar-refractivity contribution in [3.63, 3.8) is 0 Å². The summed E-state index contributed by atoms with van der Waals surface area (Å²) in [6, 6.07) is 4.81. The number of nitrogens with two attached hydrogens (primary N) is 1. The second-order valence-corrected chi connectivity index (χ2v) is 13.1. The summed E-state index contributed by atoms with van der Waals surface area (Å²) in [6.45, 7) is 14.8. The lowest BCUT2D eigenvalue weighted by Crippen LogP contribution is -2.53. The standard InChI is InChI=1S/C31H52N6O7/c1-20(2)18-23(34-28(41)43-30(3,4)5)26(39)33-22-15-13-21(14-16-22)19-24(35-29(42)44-31(6,7)8)27(40)37-36-25(38)12-10-9-11-17-32/h13-16,20,23-24H,9-12,17-19,32H2,1-8H3,(H,33,39)(H,34,41)(H,35,42)(H,36,38)(H,37,40)/t23-,24+/m0/s1. The molecule has 248 valence electrons. The van der Waals surface area contributed by atoms with Crippen molar-refractivity contribution in [3.8, 4) is 0 Å². The molecule has 13 nitrogen and oxygen atoms in total. The predicted molar refractivity (Wildman–Crippen MR) is 168 cm³/mol. The molecule has 0 spiro atoms. The fourth-order valence-corrected chi connectivity index (χ4v) is 3.89. The molecule has 1 aromatic carbocycles. The fraction of sp³-hybridized carbons (Fsp3) is 0.645. The van der Waals surface area contributed by atoms with Crippen LogP contribution < -0.4 is 32.5 Å². The molecule has 0 bridgehead atoms. The van der Waals surface area contributed by atoms with Crippen LogP contribution in [-0.2, 0) is 30.3 Å². The predicted octanol–water partition coefficient (Wildman–Crippen LogP) is 3.67. The number of ether oxygens (including phenoxy) is 2. The van der Waals surface area contributed by atoms with E-state index in [1.165, 1.54) is 0 Å². The van der Waals surface area contributed by atoms with Gasteiger partial charge in [0.05, 0.1) is 0 Å². The number of hydrogen-bond donors (Lipinski definition) is 6. The van der Waals surface area contributed by atoms with Crippen molar-refractivity contribution >= 4 is 35.6 Å². The Bertz CT molecular complexity index is 1090. The normalized spacial score (nSPS) is 12.9. The number of benzene rings is 1. The van der Waals surface area contributed by atoms with Crippen molar-refractivity contribution in [2.45, 2.75) is 117 Å². The number of carbonyl (C=O) groups is 5. The van der Waals surface area contributed by atoms with Gasteiger partial charge in [-0.3, -0.25) is 25.2 Å². The monoisotopic (exact) mass is 620 g/mol. The van der Waals surface area contributed by atoms with Gasteiger partial charge in [-0.2, -0.15) is 0 Å². The van der Waals surface area contributed by atoms with E-state index in [0.717, 1.165) is 12.8 Å². The van der Waals surface area contributed by atoms with Crippen LogP contribution in [0.4, 0.5) is 15.3 Å². The lowest BCUT2D eigenvalue weighted by Gasteiger charge is -2.24. The first-order valence-corrected chi connectivity index (χ1v) is 15.1. The van der Waals surface area contributed by atoms with Crippen LogP contribution in [0.3, 0.4) is 0 Å². The molecule has 1 aromatic rings. The molecule has 0 heterocycles. The molecular weight excluding hydrogens is 568 g/mol. The number of unbranched alkanes of at least 4 members (excludes halogenated alkanes) is 2. The van der Waals surface area contributed by atoms with Crippen molar-refractivity contribution in [3.05, 3.63) is 29.8 Å². The molecule has 0 radical (unpaired) electrons. The molecule has 0 aliphatic heterocycles. The van der Waals surface area contributed by atoms with Crippen LogP contribution >= 0.6 is 0 Å². The van der Waals surface area contributed by atoms with Gasteiger partial charge in [0, 0.05) is 18.5 Å². The molecule has 5 amide bonds. The van der Waals surface area contributed by atoms with Gasteiger partial charge in [0.25, 0.3) is 5.91 Å². The van der Waals surface area contributed by atoms with Gasteiger partial charge in [0.1, 0.15) is 23.3 Å². The summed E-state index contributed by atoms with van der Waals surface area (Å²) in [5.74, 6) is -1.26. The van der Waals surface area contributed by atoms with E-state index < -0.39 is 47.3 Å². The van der Waals surface area contributed by atoms with Crippen LogP contribution in [0, 0.1) is 5.92 Å². The maximum absolute atomic E-state index is 13.0. The summed E-state index contributed by atoms with van der Waals surface area (Å²) < 4.78 is 10.6. The molecule has 2 atom stereocenters. The maximum atomic E-state index is 13.0. The summed E-state index contributed by atoms with van der Waals surface area (Å²) in [6.07, 6.45) is 1.48. The number of alkyl carbamates (subject to hydrolysis) is 2. The Morgan fingerprint density at radius 2 is 1.30 bits per heavy atom. The molecule has 1 rings (SSSR count). The van der Waals surface area contributed by atoms with Crippen molar-refractivity contribution in [2.75, 3.05) is 11.9 Å². The highest BCUT2D eigenvalue weighted by molar-refractivity contribution is 5.96. The number of rotatable bonds is 14. The second-order valence-electron chi connectivity index (χ2n) is 13.1. The summed E-state index contributed by atoms with van der Waals surface area (Å²) in [5, 5.41) is 8.00. The molecule has 0 saturated heterocycles. The second kappa shape index (κ2) is 18.1. The molecule has 0 unspecified atom stereocenters. The quantitative estimate of drug-likeness (QED) is 0.134. The zero-order valence-corrected chi connectivity index (χ0v) is 27.4. The number of amides is 5. The topological polar surface area (TPSA) is 190 Å². The van der Waals surface area contributed by atoms with E-state index in [4.69, 9.17) is 15.2 Å². The van der Waals surface area contributed by atoms with E-state index >= 15 is 0 Å². The van der Waals surface area contributed by atoms with Crippen molar-refractivity contribution in [1.82, 2.24) is 21.5 Å². The van der Waals surface area contributed by atoms with Gasteiger partial charge in [-0.25, -0.2) is 9.59 Å². The Balaban J connectivity index is 2.93. The lowest BCUT2D eigenvalue weighted by atomic mass is 10.0. The molecule has 0 fully saturated rings. The maximum Gasteiger partial charge on any atom is 0.408 e. The first kappa shape index (κ1) is 38.2. The van der Waals surface area contributed by atoms with E-state index in [1.807, 2.05) is 13.8 Å². The van der Waals surface area contributed by atoms with Crippen LogP contribution in [0.1, 0.15) is 93.1 Å². The van der Waals surface area contributed by atoms with Gasteiger partial charge in [0.2, 0.25) is 11.8 Å². The van der Waals surface area contributed by atoms with Gasteiger partial charge in [-0.05, 0) is 91.0 Å². The first-order valence-electron chi connectivity index (χ1n) is 15.1. The third-order valence-corrected chi connectivity index (χ3v) is 5.82. The van der Waals surface area contributed by atoms with E-state index in [2.05, 4.69) is 26.8 Å². The first-order chi connectivity index (χ1) is 20.4. The average molecular weight is 621 g/mol. The van der Waals surface area contributed by atoms with Crippen LogP contribution in [0.15, 0.2) is 24.3 Å². The highest BCUT2D eigenvalue weighted by Gasteiger charge is 2.27. The van der Waals surface area contributed by atoms with E-state index in [-0.39, 0.29) is 24.7 Å². The molecular formula is C31H52N6O7. The molecule has 0 aromatic heterocycles. The zero-order chi connectivity index (χ0) is 33.5. The smallest absolute Gasteiger partial charge is 0.408 e. The molecule has 0 aliphatic carbocycles. The van der Waals surface area contributed by atoms with Crippen LogP contribution in [-0.4, -0.2) is 59.7 Å². The Hall–Kier alpha value is -3.87. The van der Waals surface area contributed by atoms with Gasteiger partial charge in [-0.15, -0.1) is 0 Å². The number of hydrogen-bond acceptors (Lipinski definition) is 8. The SMILES string of the molecule is CC(C)C[C@H](NC(=O)OC(C)(C)C)C(=O)Nc1ccc(C[C@@H](NC(=O)OC(C)(C)C)C(=O)NNC(=O)CCCCCN)cc1. The Labute approximate surface area is 261 Å². The number of nitrogens with one attached hydrogen (secondary N) is 5. The van der Waals surface area contributed by atoms with Crippen LogP contribution in [0.2, 0.25) is 0 Å². The zero-order valence-electron chi connectivity index (χ0n) is 27.4. The fourth-order valence-electron chi connectivity index (χ4n) is 3.89. The van der Waals surface area contributed by atoms with E-state index in [9.17, 15) is 24.0 Å². The highest BCUT2D eigenvalue weighted by Crippen LogP contribution is 2.15. The Morgan fingerprint density at radius 1 is 0.750 bits per heavy atom. The molecule has 44 heavy (non-hydrogen) atoms. The van der Waals surface area contributed by atoms with Gasteiger partial charge >= 0.3 is 12.2 Å². The van der Waals surface area contributed by atoms with Gasteiger partial charge in [-0.1, -0.05) is 32.4 Å². The number of carbonyl (C=O) groups excluding carboxylic acids is 5. The van der Waals surface area contributed by atoms with Crippen molar-refractivity contribution in [2.24, 2.45) is 11.7 Å². The number of hydrazine groups is 1. The minimum atomic E-state index is -1.07. The lowest BCUT2D eigenvalue weighted by molar-refractivity contribution is -0.130. The van der Waals surface area contributed by atoms with E-state index in [1.54, 1.807) is 65.8 Å². The Morgan fingerprint density at radius 3 is 1.80 bits per heavy atom. The molecule has 7 N–H and O–H groups in total. The summed E-state index contributed by atoms with van der Waals surface area (Å²) in [4.78, 5) is 62.9.